The van der Waals surface area contributed by atoms with E-state index in [-0.39, 0.29) is 5.97 Å². The minimum Gasteiger partial charge on any atom is -0.493 e. The minimum atomic E-state index is -0.353. The molecular formula is C14H18O3. The maximum atomic E-state index is 11.0. The number of benzene rings is 1. The summed E-state index contributed by atoms with van der Waals surface area (Å²) in [7, 11) is 1.55. The first-order valence-corrected chi connectivity index (χ1v) is 5.57. The van der Waals surface area contributed by atoms with Gasteiger partial charge in [-0.15, -0.1) is 0 Å². The zero-order chi connectivity index (χ0) is 12.8. The van der Waals surface area contributed by atoms with Crippen molar-refractivity contribution in [3.63, 3.8) is 0 Å². The molecule has 3 nitrogen and oxygen atoms in total. The number of esters is 1. The van der Waals surface area contributed by atoms with Crippen LogP contribution in [0.5, 0.6) is 11.5 Å². The monoisotopic (exact) mass is 234 g/mol. The topological polar surface area (TPSA) is 35.5 Å². The zero-order valence-corrected chi connectivity index (χ0v) is 10.7. The molecule has 3 heteroatoms. The molecule has 17 heavy (non-hydrogen) atoms. The average Bonchev–Trinajstić information content (AvgIpc) is 2.25. The molecule has 0 saturated heterocycles. The van der Waals surface area contributed by atoms with Crippen LogP contribution < -0.4 is 9.47 Å². The molecule has 0 fully saturated rings. The van der Waals surface area contributed by atoms with Crippen LogP contribution in [0.25, 0.3) is 6.08 Å². The molecule has 0 N–H and O–H groups in total. The lowest BCUT2D eigenvalue weighted by molar-refractivity contribution is -0.132. The molecule has 0 spiro atoms. The van der Waals surface area contributed by atoms with Crippen molar-refractivity contribution in [2.75, 3.05) is 7.11 Å². The second kappa shape index (κ2) is 6.09. The molecule has 0 aliphatic rings. The summed E-state index contributed by atoms with van der Waals surface area (Å²) in [5.41, 5.74) is 0.982. The first-order valence-electron chi connectivity index (χ1n) is 5.57. The van der Waals surface area contributed by atoms with Gasteiger partial charge >= 0.3 is 5.97 Å². The molecule has 1 aromatic rings. The fourth-order valence-corrected chi connectivity index (χ4v) is 1.34. The third kappa shape index (κ3) is 4.31. The minimum absolute atomic E-state index is 0.353. The molecule has 1 rings (SSSR count). The lowest BCUT2D eigenvalue weighted by Crippen LogP contribution is -2.03. The number of rotatable bonds is 4. The number of ether oxygens (including phenoxy) is 2. The molecule has 0 saturated carbocycles. The number of allylic oxidation sites excluding steroid dienone is 1. The van der Waals surface area contributed by atoms with E-state index in [0.29, 0.717) is 17.4 Å². The summed E-state index contributed by atoms with van der Waals surface area (Å²) in [5, 5.41) is 0. The van der Waals surface area contributed by atoms with E-state index in [0.717, 1.165) is 5.56 Å². The van der Waals surface area contributed by atoms with E-state index in [1.807, 2.05) is 12.1 Å². The summed E-state index contributed by atoms with van der Waals surface area (Å²) in [4.78, 5) is 11.0. The van der Waals surface area contributed by atoms with Gasteiger partial charge in [0.05, 0.1) is 7.11 Å². The van der Waals surface area contributed by atoms with Crippen molar-refractivity contribution in [3.8, 4) is 11.5 Å². The Kier molecular flexibility index (Phi) is 4.76. The van der Waals surface area contributed by atoms with E-state index < -0.39 is 0 Å². The maximum absolute atomic E-state index is 11.0. The summed E-state index contributed by atoms with van der Waals surface area (Å²) in [6.07, 6.45) is 4.08. The molecule has 0 bridgehead atoms. The van der Waals surface area contributed by atoms with E-state index in [2.05, 4.69) is 19.9 Å². The molecule has 0 atom stereocenters. The Balaban J connectivity index is 2.99. The molecule has 0 unspecified atom stereocenters. The highest BCUT2D eigenvalue weighted by molar-refractivity contribution is 5.71. The second-order valence-corrected chi connectivity index (χ2v) is 4.11. The van der Waals surface area contributed by atoms with Gasteiger partial charge in [0.15, 0.2) is 11.5 Å². The summed E-state index contributed by atoms with van der Waals surface area (Å²) in [6, 6.07) is 5.50. The lowest BCUT2D eigenvalue weighted by Gasteiger charge is -2.08. The van der Waals surface area contributed by atoms with E-state index >= 15 is 0 Å². The fraction of sp³-hybridized carbons (Fsp3) is 0.357. The second-order valence-electron chi connectivity index (χ2n) is 4.11. The SMILES string of the molecule is COc1ccc(/C=C/C(C)C)cc1OC(C)=O. The molecule has 0 aliphatic heterocycles. The van der Waals surface area contributed by atoms with Gasteiger partial charge in [-0.1, -0.05) is 32.1 Å². The fourth-order valence-electron chi connectivity index (χ4n) is 1.34. The van der Waals surface area contributed by atoms with Crippen LogP contribution in [0.2, 0.25) is 0 Å². The van der Waals surface area contributed by atoms with Crippen LogP contribution in [0, 0.1) is 5.92 Å². The summed E-state index contributed by atoms with van der Waals surface area (Å²) in [6.45, 7) is 5.58. The van der Waals surface area contributed by atoms with Crippen molar-refractivity contribution in [2.45, 2.75) is 20.8 Å². The first-order chi connectivity index (χ1) is 8.02. The Labute approximate surface area is 102 Å². The number of methoxy groups -OCH3 is 1. The highest BCUT2D eigenvalue weighted by Gasteiger charge is 2.06. The van der Waals surface area contributed by atoms with E-state index in [1.54, 1.807) is 19.2 Å². The van der Waals surface area contributed by atoms with Gasteiger partial charge in [-0.25, -0.2) is 0 Å². The highest BCUT2D eigenvalue weighted by Crippen LogP contribution is 2.28. The predicted molar refractivity (Wildman–Crippen MR) is 68.2 cm³/mol. The molecule has 0 aliphatic carbocycles. The van der Waals surface area contributed by atoms with Gasteiger partial charge in [0.1, 0.15) is 0 Å². The quantitative estimate of drug-likeness (QED) is 0.592. The van der Waals surface area contributed by atoms with Crippen LogP contribution in [0.1, 0.15) is 26.3 Å². The Morgan fingerprint density at radius 2 is 2.00 bits per heavy atom. The van der Waals surface area contributed by atoms with Crippen molar-refractivity contribution < 1.29 is 14.3 Å². The van der Waals surface area contributed by atoms with E-state index in [9.17, 15) is 4.79 Å². The number of carbonyl (C=O) groups excluding carboxylic acids is 1. The summed E-state index contributed by atoms with van der Waals surface area (Å²) in [5.74, 6) is 1.13. The van der Waals surface area contributed by atoms with Gasteiger partial charge in [0.25, 0.3) is 0 Å². The van der Waals surface area contributed by atoms with Crippen LogP contribution in [-0.2, 0) is 4.79 Å². The molecule has 0 radical (unpaired) electrons. The van der Waals surface area contributed by atoms with Crippen LogP contribution in [-0.4, -0.2) is 13.1 Å². The molecule has 0 amide bonds. The van der Waals surface area contributed by atoms with Crippen LogP contribution >= 0.6 is 0 Å². The van der Waals surface area contributed by atoms with E-state index in [1.165, 1.54) is 6.92 Å². The summed E-state index contributed by atoms with van der Waals surface area (Å²) >= 11 is 0. The number of carbonyl (C=O) groups is 1. The normalized spacial score (nSPS) is 10.9. The van der Waals surface area contributed by atoms with E-state index in [4.69, 9.17) is 9.47 Å². The van der Waals surface area contributed by atoms with Gasteiger partial charge in [-0.3, -0.25) is 4.79 Å². The third-order valence-corrected chi connectivity index (χ3v) is 2.11. The van der Waals surface area contributed by atoms with Gasteiger partial charge in [-0.2, -0.15) is 0 Å². The predicted octanol–water partition coefficient (Wildman–Crippen LogP) is 3.29. The maximum Gasteiger partial charge on any atom is 0.308 e. The van der Waals surface area contributed by atoms with Gasteiger partial charge < -0.3 is 9.47 Å². The smallest absolute Gasteiger partial charge is 0.308 e. The van der Waals surface area contributed by atoms with Crippen molar-refractivity contribution in [2.24, 2.45) is 5.92 Å². The van der Waals surface area contributed by atoms with Crippen molar-refractivity contribution in [1.29, 1.82) is 0 Å². The first kappa shape index (κ1) is 13.3. The number of hydrogen-bond acceptors (Lipinski definition) is 3. The standard InChI is InChI=1S/C14H18O3/c1-10(2)5-6-12-7-8-13(16-4)14(9-12)17-11(3)15/h5-10H,1-4H3/b6-5+. The zero-order valence-electron chi connectivity index (χ0n) is 10.7. The average molecular weight is 234 g/mol. The Hall–Kier alpha value is -1.77. The molecule has 92 valence electrons. The van der Waals surface area contributed by atoms with Gasteiger partial charge in [-0.05, 0) is 23.6 Å². The van der Waals surface area contributed by atoms with Crippen molar-refractivity contribution >= 4 is 12.0 Å². The van der Waals surface area contributed by atoms with Crippen molar-refractivity contribution in [3.05, 3.63) is 29.8 Å². The Bertz CT molecular complexity index is 419. The summed E-state index contributed by atoms with van der Waals surface area (Å²) < 4.78 is 10.2. The molecule has 1 aromatic carbocycles. The van der Waals surface area contributed by atoms with Crippen molar-refractivity contribution in [1.82, 2.24) is 0 Å². The Morgan fingerprint density at radius 1 is 1.29 bits per heavy atom. The van der Waals surface area contributed by atoms with Crippen LogP contribution in [0.3, 0.4) is 0 Å². The molecular weight excluding hydrogens is 216 g/mol. The number of hydrogen-bond donors (Lipinski definition) is 0. The molecule has 0 heterocycles. The molecule has 0 aromatic heterocycles. The van der Waals surface area contributed by atoms with Gasteiger partial charge in [0.2, 0.25) is 0 Å². The largest absolute Gasteiger partial charge is 0.493 e. The highest BCUT2D eigenvalue weighted by atomic mass is 16.6. The van der Waals surface area contributed by atoms with Gasteiger partial charge in [0, 0.05) is 6.92 Å². The third-order valence-electron chi connectivity index (χ3n) is 2.11. The Morgan fingerprint density at radius 3 is 2.53 bits per heavy atom. The van der Waals surface area contributed by atoms with Crippen LogP contribution in [0.4, 0.5) is 0 Å². The lowest BCUT2D eigenvalue weighted by atomic mass is 10.1. The van der Waals surface area contributed by atoms with Crippen LogP contribution in [0.15, 0.2) is 24.3 Å².